The molecule has 2 atom stereocenters. The van der Waals surface area contributed by atoms with Gasteiger partial charge in [0, 0.05) is 13.0 Å². The molecule has 1 aliphatic carbocycles. The Morgan fingerprint density at radius 3 is 2.73 bits per heavy atom. The Morgan fingerprint density at radius 1 is 1.36 bits per heavy atom. The summed E-state index contributed by atoms with van der Waals surface area (Å²) in [5.41, 5.74) is 1.04. The van der Waals surface area contributed by atoms with Crippen molar-refractivity contribution in [3.63, 3.8) is 0 Å². The molecule has 1 fully saturated rings. The van der Waals surface area contributed by atoms with Crippen LogP contribution in [0.3, 0.4) is 0 Å². The summed E-state index contributed by atoms with van der Waals surface area (Å²) in [6.45, 7) is 2.38. The van der Waals surface area contributed by atoms with E-state index in [2.05, 4.69) is 5.32 Å². The average Bonchev–Trinajstić information content (AvgIpc) is 3.07. The first-order valence-corrected chi connectivity index (χ1v) is 8.19. The minimum Gasteiger partial charge on any atom is -0.496 e. The molecule has 122 valence electrons. The van der Waals surface area contributed by atoms with E-state index in [9.17, 15) is 9.90 Å². The fourth-order valence-electron chi connectivity index (χ4n) is 3.26. The van der Waals surface area contributed by atoms with Crippen LogP contribution >= 0.6 is 0 Å². The molecule has 2 rings (SSSR count). The number of aliphatic hydroxyl groups is 1. The summed E-state index contributed by atoms with van der Waals surface area (Å²) in [4.78, 5) is 12.1. The van der Waals surface area contributed by atoms with Gasteiger partial charge in [0.05, 0.1) is 13.2 Å². The zero-order valence-corrected chi connectivity index (χ0v) is 13.5. The fraction of sp³-hybridized carbons (Fsp3) is 0.611. The van der Waals surface area contributed by atoms with Crippen LogP contribution in [0.2, 0.25) is 0 Å². The van der Waals surface area contributed by atoms with Crippen LogP contribution in [0.25, 0.3) is 0 Å². The second-order valence-electron chi connectivity index (χ2n) is 6.26. The van der Waals surface area contributed by atoms with Gasteiger partial charge < -0.3 is 15.2 Å². The van der Waals surface area contributed by atoms with Gasteiger partial charge in [0.2, 0.25) is 5.91 Å². The number of amides is 1. The minimum atomic E-state index is -0.409. The molecule has 4 heteroatoms. The Bertz CT molecular complexity index is 483. The van der Waals surface area contributed by atoms with Crippen LogP contribution in [0.15, 0.2) is 24.3 Å². The van der Waals surface area contributed by atoms with Gasteiger partial charge >= 0.3 is 0 Å². The number of carbonyl (C=O) groups is 1. The molecule has 0 heterocycles. The van der Waals surface area contributed by atoms with E-state index in [1.54, 1.807) is 7.11 Å². The van der Waals surface area contributed by atoms with Crippen molar-refractivity contribution in [1.29, 1.82) is 0 Å². The van der Waals surface area contributed by atoms with Gasteiger partial charge in [-0.1, -0.05) is 38.0 Å². The van der Waals surface area contributed by atoms with Crippen molar-refractivity contribution < 1.29 is 14.6 Å². The predicted octanol–water partition coefficient (Wildman–Crippen LogP) is 2.86. The molecule has 1 aromatic carbocycles. The number of hydrogen-bond donors (Lipinski definition) is 2. The number of aliphatic hydroxyl groups excluding tert-OH is 1. The molecule has 0 bridgehead atoms. The number of ether oxygens (including phenoxy) is 1. The molecule has 0 aromatic heterocycles. The van der Waals surface area contributed by atoms with Crippen molar-refractivity contribution >= 4 is 5.91 Å². The first kappa shape index (κ1) is 16.8. The Labute approximate surface area is 132 Å². The number of benzene rings is 1. The molecule has 1 aliphatic rings. The SMILES string of the molecule is COc1ccccc1C(C)CC(=O)NCC(O)C1CCCC1. The Morgan fingerprint density at radius 2 is 2.05 bits per heavy atom. The highest BCUT2D eigenvalue weighted by Crippen LogP contribution is 2.29. The highest BCUT2D eigenvalue weighted by molar-refractivity contribution is 5.77. The summed E-state index contributed by atoms with van der Waals surface area (Å²) >= 11 is 0. The molecular weight excluding hydrogens is 278 g/mol. The lowest BCUT2D eigenvalue weighted by atomic mass is 9.96. The third-order valence-electron chi connectivity index (χ3n) is 4.61. The van der Waals surface area contributed by atoms with Gasteiger partial charge in [-0.2, -0.15) is 0 Å². The summed E-state index contributed by atoms with van der Waals surface area (Å²) in [5.74, 6) is 1.23. The number of nitrogens with one attached hydrogen (secondary N) is 1. The molecule has 2 N–H and O–H groups in total. The van der Waals surface area contributed by atoms with Gasteiger partial charge in [-0.25, -0.2) is 0 Å². The standard InChI is InChI=1S/C18H27NO3/c1-13(15-9-5-6-10-17(15)22-2)11-18(21)19-12-16(20)14-7-3-4-8-14/h5-6,9-10,13-14,16,20H,3-4,7-8,11-12H2,1-2H3,(H,19,21). The maximum Gasteiger partial charge on any atom is 0.220 e. The van der Waals surface area contributed by atoms with E-state index in [0.717, 1.165) is 24.2 Å². The third kappa shape index (κ3) is 4.47. The topological polar surface area (TPSA) is 58.6 Å². The largest absolute Gasteiger partial charge is 0.496 e. The molecule has 22 heavy (non-hydrogen) atoms. The van der Waals surface area contributed by atoms with Crippen LogP contribution in [-0.4, -0.2) is 30.8 Å². The molecule has 1 saturated carbocycles. The highest BCUT2D eigenvalue weighted by Gasteiger charge is 2.23. The maximum atomic E-state index is 12.1. The van der Waals surface area contributed by atoms with Gasteiger partial charge in [-0.3, -0.25) is 4.79 Å². The molecule has 4 nitrogen and oxygen atoms in total. The monoisotopic (exact) mass is 305 g/mol. The lowest BCUT2D eigenvalue weighted by molar-refractivity contribution is -0.122. The number of rotatable bonds is 7. The second kappa shape index (κ2) is 8.18. The van der Waals surface area contributed by atoms with E-state index in [4.69, 9.17) is 4.74 Å². The summed E-state index contributed by atoms with van der Waals surface area (Å²) in [6, 6.07) is 7.78. The van der Waals surface area contributed by atoms with Crippen LogP contribution in [0.4, 0.5) is 0 Å². The van der Waals surface area contributed by atoms with E-state index in [-0.39, 0.29) is 11.8 Å². The fourth-order valence-corrected chi connectivity index (χ4v) is 3.26. The normalized spacial score (nSPS) is 18.0. The maximum absolute atomic E-state index is 12.1. The van der Waals surface area contributed by atoms with E-state index >= 15 is 0 Å². The van der Waals surface area contributed by atoms with Crippen molar-refractivity contribution in [2.45, 2.75) is 51.0 Å². The first-order valence-electron chi connectivity index (χ1n) is 8.19. The second-order valence-corrected chi connectivity index (χ2v) is 6.26. The summed E-state index contributed by atoms with van der Waals surface area (Å²) in [6.07, 6.45) is 4.54. The zero-order valence-electron chi connectivity index (χ0n) is 13.5. The predicted molar refractivity (Wildman–Crippen MR) is 87.0 cm³/mol. The van der Waals surface area contributed by atoms with Crippen molar-refractivity contribution in [3.8, 4) is 5.75 Å². The summed E-state index contributed by atoms with van der Waals surface area (Å²) in [5, 5.41) is 13.0. The molecule has 0 radical (unpaired) electrons. The van der Waals surface area contributed by atoms with Crippen LogP contribution in [-0.2, 0) is 4.79 Å². The quantitative estimate of drug-likeness (QED) is 0.814. The van der Waals surface area contributed by atoms with Crippen LogP contribution in [0.1, 0.15) is 50.5 Å². The van der Waals surface area contributed by atoms with Gasteiger partial charge in [0.15, 0.2) is 0 Å². The molecule has 1 amide bonds. The van der Waals surface area contributed by atoms with Crippen molar-refractivity contribution in [1.82, 2.24) is 5.32 Å². The molecular formula is C18H27NO3. The van der Waals surface area contributed by atoms with E-state index in [0.29, 0.717) is 18.9 Å². The molecule has 0 spiro atoms. The number of para-hydroxylation sites is 1. The first-order chi connectivity index (χ1) is 10.6. The smallest absolute Gasteiger partial charge is 0.220 e. The van der Waals surface area contributed by atoms with Crippen LogP contribution in [0.5, 0.6) is 5.75 Å². The Balaban J connectivity index is 1.80. The van der Waals surface area contributed by atoms with E-state index < -0.39 is 6.10 Å². The van der Waals surface area contributed by atoms with Gasteiger partial charge in [0.1, 0.15) is 5.75 Å². The van der Waals surface area contributed by atoms with Crippen molar-refractivity contribution in [3.05, 3.63) is 29.8 Å². The van der Waals surface area contributed by atoms with E-state index in [1.807, 2.05) is 31.2 Å². The van der Waals surface area contributed by atoms with Crippen molar-refractivity contribution in [2.75, 3.05) is 13.7 Å². The average molecular weight is 305 g/mol. The summed E-state index contributed by atoms with van der Waals surface area (Å²) < 4.78 is 5.34. The van der Waals surface area contributed by atoms with Gasteiger partial charge in [-0.15, -0.1) is 0 Å². The molecule has 1 aromatic rings. The zero-order chi connectivity index (χ0) is 15.9. The highest BCUT2D eigenvalue weighted by atomic mass is 16.5. The van der Waals surface area contributed by atoms with Crippen molar-refractivity contribution in [2.24, 2.45) is 5.92 Å². The van der Waals surface area contributed by atoms with E-state index in [1.165, 1.54) is 12.8 Å². The molecule has 0 aliphatic heterocycles. The van der Waals surface area contributed by atoms with Gasteiger partial charge in [0.25, 0.3) is 0 Å². The molecule has 0 saturated heterocycles. The lowest BCUT2D eigenvalue weighted by Crippen LogP contribution is -2.36. The number of carbonyl (C=O) groups excluding carboxylic acids is 1. The minimum absolute atomic E-state index is 0.0181. The third-order valence-corrected chi connectivity index (χ3v) is 4.61. The number of methoxy groups -OCH3 is 1. The van der Waals surface area contributed by atoms with Crippen LogP contribution < -0.4 is 10.1 Å². The lowest BCUT2D eigenvalue weighted by Gasteiger charge is -2.19. The van der Waals surface area contributed by atoms with Crippen LogP contribution in [0, 0.1) is 5.92 Å². The molecule has 2 unspecified atom stereocenters. The Hall–Kier alpha value is -1.55. The Kier molecular flexibility index (Phi) is 6.25. The number of hydrogen-bond acceptors (Lipinski definition) is 3. The van der Waals surface area contributed by atoms with Gasteiger partial charge in [-0.05, 0) is 36.3 Å². The summed E-state index contributed by atoms with van der Waals surface area (Å²) in [7, 11) is 1.64.